The summed E-state index contributed by atoms with van der Waals surface area (Å²) >= 11 is 0. The second-order valence-electron chi connectivity index (χ2n) is 7.38. The van der Waals surface area contributed by atoms with Crippen molar-refractivity contribution in [3.8, 4) is 5.75 Å². The van der Waals surface area contributed by atoms with Crippen LogP contribution in [0.25, 0.3) is 6.08 Å². The molecule has 1 heterocycles. The Morgan fingerprint density at radius 2 is 1.60 bits per heavy atom. The van der Waals surface area contributed by atoms with Crippen molar-refractivity contribution >= 4 is 17.8 Å². The molecule has 0 saturated carbocycles. The van der Waals surface area contributed by atoms with Crippen LogP contribution < -0.4 is 9.30 Å². The number of aryl methyl sites for hydroxylation is 1. The zero-order valence-electron chi connectivity index (χ0n) is 18.0. The molecule has 2 aromatic rings. The summed E-state index contributed by atoms with van der Waals surface area (Å²) in [5.74, 6) is 0.632. The van der Waals surface area contributed by atoms with Crippen LogP contribution in [0.15, 0.2) is 54.9 Å². The fourth-order valence-corrected chi connectivity index (χ4v) is 2.95. The fraction of sp³-hybridized carbons (Fsp3) is 0.400. The summed E-state index contributed by atoms with van der Waals surface area (Å²) in [4.78, 5) is 22.9. The van der Waals surface area contributed by atoms with Gasteiger partial charge in [0.2, 0.25) is 0 Å². The lowest BCUT2D eigenvalue weighted by atomic mass is 10.1. The van der Waals surface area contributed by atoms with Gasteiger partial charge in [-0.3, -0.25) is 4.79 Å². The monoisotopic (exact) mass is 410 g/mol. The maximum Gasteiger partial charge on any atom is 0.344 e. The van der Waals surface area contributed by atoms with Crippen molar-refractivity contribution in [2.75, 3.05) is 13.2 Å². The normalized spacial score (nSPS) is 10.9. The van der Waals surface area contributed by atoms with E-state index in [1.54, 1.807) is 24.4 Å². The molecule has 0 unspecified atom stereocenters. The number of hydrogen-bond donors (Lipinski definition) is 0. The van der Waals surface area contributed by atoms with E-state index in [9.17, 15) is 9.59 Å². The highest BCUT2D eigenvalue weighted by molar-refractivity contribution is 5.91. The first-order chi connectivity index (χ1) is 14.5. The summed E-state index contributed by atoms with van der Waals surface area (Å²) in [7, 11) is 1.88. The quantitative estimate of drug-likeness (QED) is 0.208. The largest absolute Gasteiger partial charge is 0.494 e. The van der Waals surface area contributed by atoms with E-state index < -0.39 is 0 Å². The topological polar surface area (TPSA) is 56.5 Å². The van der Waals surface area contributed by atoms with Crippen LogP contribution in [-0.2, 0) is 16.6 Å². The summed E-state index contributed by atoms with van der Waals surface area (Å²) in [5, 5.41) is 0. The predicted octanol–water partition coefficient (Wildman–Crippen LogP) is 4.69. The number of ether oxygens (including phenoxy) is 2. The number of rotatable bonds is 13. The second-order valence-corrected chi connectivity index (χ2v) is 7.38. The average molecular weight is 411 g/mol. The highest BCUT2D eigenvalue weighted by atomic mass is 16.5. The Morgan fingerprint density at radius 3 is 2.27 bits per heavy atom. The van der Waals surface area contributed by atoms with Gasteiger partial charge >= 0.3 is 5.97 Å². The minimum atomic E-state index is -0.258. The number of hydrogen-bond acceptors (Lipinski definition) is 4. The number of ketones is 1. The smallest absolute Gasteiger partial charge is 0.344 e. The van der Waals surface area contributed by atoms with Gasteiger partial charge in [-0.1, -0.05) is 43.9 Å². The number of carbonyl (C=O) groups is 2. The van der Waals surface area contributed by atoms with Gasteiger partial charge in [0.25, 0.3) is 0 Å². The second kappa shape index (κ2) is 13.3. The Bertz CT molecular complexity index is 827. The zero-order chi connectivity index (χ0) is 21.6. The van der Waals surface area contributed by atoms with E-state index in [0.29, 0.717) is 18.8 Å². The highest BCUT2D eigenvalue weighted by Gasteiger charge is 2.09. The van der Waals surface area contributed by atoms with Gasteiger partial charge in [0, 0.05) is 6.07 Å². The maximum atomic E-state index is 11.9. The van der Waals surface area contributed by atoms with E-state index in [1.807, 2.05) is 48.1 Å². The third-order valence-corrected chi connectivity index (χ3v) is 4.61. The zero-order valence-corrected chi connectivity index (χ0v) is 18.0. The molecule has 0 fully saturated rings. The molecule has 0 N–H and O–H groups in total. The van der Waals surface area contributed by atoms with Gasteiger partial charge in [0.1, 0.15) is 18.4 Å². The number of pyridine rings is 1. The maximum absolute atomic E-state index is 11.9. The highest BCUT2D eigenvalue weighted by Crippen LogP contribution is 2.14. The molecule has 5 nitrogen and oxygen atoms in total. The molecule has 0 atom stereocenters. The van der Waals surface area contributed by atoms with Gasteiger partial charge in [-0.25, -0.2) is 9.36 Å². The number of carbonyl (C=O) groups excluding carboxylic acids is 2. The fourth-order valence-electron chi connectivity index (χ4n) is 2.95. The number of esters is 1. The molecule has 0 saturated heterocycles. The van der Waals surface area contributed by atoms with Crippen molar-refractivity contribution in [1.29, 1.82) is 0 Å². The number of unbranched alkanes of at least 4 members (excludes halogenated alkanes) is 5. The molecule has 0 aliphatic carbocycles. The van der Waals surface area contributed by atoms with Crippen molar-refractivity contribution in [2.24, 2.45) is 7.05 Å². The first kappa shape index (κ1) is 23.3. The van der Waals surface area contributed by atoms with Crippen LogP contribution >= 0.6 is 0 Å². The number of allylic oxidation sites excluding steroid dienone is 1. The Labute approximate surface area is 179 Å². The van der Waals surface area contributed by atoms with E-state index in [0.717, 1.165) is 49.8 Å². The standard InChI is InChI=1S/C25H32NO4/c1-21(27)11-12-22-13-15-24(16-14-22)29-18-7-5-3-4-6-8-19-30-25(28)23-10-9-17-26(2)20-23/h9-17,20H,3-8,18-19H2,1-2H3/q+1/b12-11+. The van der Waals surface area contributed by atoms with Gasteiger partial charge < -0.3 is 9.47 Å². The van der Waals surface area contributed by atoms with Gasteiger partial charge in [0.15, 0.2) is 18.2 Å². The first-order valence-corrected chi connectivity index (χ1v) is 10.6. The van der Waals surface area contributed by atoms with Crippen molar-refractivity contribution in [3.63, 3.8) is 0 Å². The Kier molecular flexibility index (Phi) is 10.3. The van der Waals surface area contributed by atoms with Crippen LogP contribution in [0.5, 0.6) is 5.75 Å². The molecule has 160 valence electrons. The van der Waals surface area contributed by atoms with Gasteiger partial charge in [0.05, 0.1) is 13.2 Å². The van der Waals surface area contributed by atoms with Gasteiger partial charge in [-0.05, 0) is 49.6 Å². The minimum absolute atomic E-state index is 0.0396. The molecular formula is C25H32NO4+. The molecule has 1 aromatic heterocycles. The first-order valence-electron chi connectivity index (χ1n) is 10.6. The predicted molar refractivity (Wildman–Crippen MR) is 117 cm³/mol. The summed E-state index contributed by atoms with van der Waals surface area (Å²) < 4.78 is 12.9. The molecule has 0 aliphatic heterocycles. The van der Waals surface area contributed by atoms with E-state index in [4.69, 9.17) is 9.47 Å². The van der Waals surface area contributed by atoms with Crippen LogP contribution in [-0.4, -0.2) is 25.0 Å². The lowest BCUT2D eigenvalue weighted by molar-refractivity contribution is -0.671. The van der Waals surface area contributed by atoms with Crippen LogP contribution in [0.1, 0.15) is 61.4 Å². The van der Waals surface area contributed by atoms with Crippen LogP contribution in [0.2, 0.25) is 0 Å². The molecule has 0 spiro atoms. The SMILES string of the molecule is CC(=O)/C=C/c1ccc(OCCCCCCCCOC(=O)c2ccc[n+](C)c2)cc1. The third kappa shape index (κ3) is 9.50. The van der Waals surface area contributed by atoms with Crippen LogP contribution in [0, 0.1) is 0 Å². The van der Waals surface area contributed by atoms with E-state index in [2.05, 4.69) is 0 Å². The minimum Gasteiger partial charge on any atom is -0.494 e. The summed E-state index contributed by atoms with van der Waals surface area (Å²) in [6.07, 6.45) is 13.4. The lowest BCUT2D eigenvalue weighted by Crippen LogP contribution is -2.28. The van der Waals surface area contributed by atoms with Crippen molar-refractivity contribution in [2.45, 2.75) is 45.4 Å². The summed E-state index contributed by atoms with van der Waals surface area (Å²) in [6.45, 7) is 2.71. The Balaban J connectivity index is 1.46. The molecule has 0 aliphatic rings. The summed E-state index contributed by atoms with van der Waals surface area (Å²) in [6, 6.07) is 11.3. The molecule has 0 amide bonds. The van der Waals surface area contributed by atoms with Crippen molar-refractivity contribution in [1.82, 2.24) is 0 Å². The lowest BCUT2D eigenvalue weighted by Gasteiger charge is -2.07. The Hall–Kier alpha value is -2.95. The molecule has 2 rings (SSSR count). The molecule has 1 aromatic carbocycles. The average Bonchev–Trinajstić information content (AvgIpc) is 2.74. The number of benzene rings is 1. The van der Waals surface area contributed by atoms with Crippen LogP contribution in [0.4, 0.5) is 0 Å². The van der Waals surface area contributed by atoms with Crippen molar-refractivity contribution in [3.05, 3.63) is 66.0 Å². The third-order valence-electron chi connectivity index (χ3n) is 4.61. The summed E-state index contributed by atoms with van der Waals surface area (Å²) in [5.41, 5.74) is 1.57. The molecule has 0 radical (unpaired) electrons. The Morgan fingerprint density at radius 1 is 0.933 bits per heavy atom. The van der Waals surface area contributed by atoms with Crippen molar-refractivity contribution < 1.29 is 23.6 Å². The number of nitrogens with zero attached hydrogens (tertiary/aromatic N) is 1. The van der Waals surface area contributed by atoms with Gasteiger partial charge in [-0.2, -0.15) is 0 Å². The number of aromatic nitrogens is 1. The van der Waals surface area contributed by atoms with Crippen LogP contribution in [0.3, 0.4) is 0 Å². The van der Waals surface area contributed by atoms with E-state index >= 15 is 0 Å². The van der Waals surface area contributed by atoms with E-state index in [-0.39, 0.29) is 11.8 Å². The molecule has 0 bridgehead atoms. The van der Waals surface area contributed by atoms with E-state index in [1.165, 1.54) is 6.92 Å². The molecule has 30 heavy (non-hydrogen) atoms. The van der Waals surface area contributed by atoms with Gasteiger partial charge in [-0.15, -0.1) is 0 Å². The molecular weight excluding hydrogens is 378 g/mol. The molecule has 5 heteroatoms.